The molecule has 4 N–H and O–H groups in total. The van der Waals surface area contributed by atoms with Crippen LogP contribution in [0.25, 0.3) is 0 Å². The average molecular weight is 584 g/mol. The Hall–Kier alpha value is -2.68. The van der Waals surface area contributed by atoms with Crippen molar-refractivity contribution >= 4 is 40.6 Å². The number of rotatable bonds is 9. The summed E-state index contributed by atoms with van der Waals surface area (Å²) < 4.78 is 45.5. The molecule has 2 saturated carbocycles. The van der Waals surface area contributed by atoms with Gasteiger partial charge in [0.2, 0.25) is 16.8 Å². The maximum atomic E-state index is 14.7. The number of anilines is 2. The minimum absolute atomic E-state index is 0.0800. The molecule has 1 aliphatic heterocycles. The lowest BCUT2D eigenvalue weighted by molar-refractivity contribution is -0.224. The normalized spacial score (nSPS) is 26.3. The first kappa shape index (κ1) is 28.8. The van der Waals surface area contributed by atoms with Crippen LogP contribution in [-0.2, 0) is 19.0 Å². The van der Waals surface area contributed by atoms with Crippen LogP contribution in [-0.4, -0.2) is 65.3 Å². The zero-order valence-corrected chi connectivity index (χ0v) is 23.5. The van der Waals surface area contributed by atoms with Gasteiger partial charge in [0.15, 0.2) is 28.9 Å². The number of fused-ring (bicyclic) bond motifs is 1. The third-order valence-electron chi connectivity index (χ3n) is 7.37. The van der Waals surface area contributed by atoms with Crippen molar-refractivity contribution in [3.05, 3.63) is 34.6 Å². The summed E-state index contributed by atoms with van der Waals surface area (Å²) in [5.74, 6) is -3.35. The second-order valence-electron chi connectivity index (χ2n) is 11.0. The lowest BCUT2D eigenvalue weighted by atomic mass is 10.1. The number of nitrogens with zero attached hydrogens (tertiary/aromatic N) is 4. The van der Waals surface area contributed by atoms with E-state index in [1.165, 1.54) is 26.0 Å². The number of ether oxygens (including phenoxy) is 3. The molecule has 4 unspecified atom stereocenters. The molecule has 0 radical (unpaired) electrons. The molecule has 0 spiro atoms. The Balaban J connectivity index is 1.52. The van der Waals surface area contributed by atoms with Gasteiger partial charge in [0, 0.05) is 11.6 Å². The Morgan fingerprint density at radius 1 is 1.25 bits per heavy atom. The van der Waals surface area contributed by atoms with Gasteiger partial charge in [-0.15, -0.1) is 0 Å². The molecule has 1 aromatic carbocycles. The van der Waals surface area contributed by atoms with E-state index in [2.05, 4.69) is 15.5 Å². The molecule has 4 atom stereocenters. The van der Waals surface area contributed by atoms with Crippen LogP contribution in [0.3, 0.4) is 0 Å². The fourth-order valence-corrected chi connectivity index (χ4v) is 5.80. The van der Waals surface area contributed by atoms with E-state index in [-0.39, 0.29) is 40.9 Å². The minimum Gasteiger partial charge on any atom is -0.464 e. The van der Waals surface area contributed by atoms with Crippen molar-refractivity contribution in [3.8, 4) is 0 Å². The Morgan fingerprint density at radius 3 is 2.58 bits per heavy atom. The second kappa shape index (κ2) is 10.6. The molecule has 1 aromatic heterocycles. The number of nitrogen functional groups attached to an aromatic ring is 1. The Morgan fingerprint density at radius 2 is 1.93 bits per heavy atom. The molecular formula is C26H34ClF2N6O5+. The monoisotopic (exact) mass is 583 g/mol. The summed E-state index contributed by atoms with van der Waals surface area (Å²) in [4.78, 5) is 20.6. The zero-order valence-electron chi connectivity index (χ0n) is 22.8. The number of carbonyl (C=O) groups excluding carboxylic acids is 1. The van der Waals surface area contributed by atoms with E-state index < -0.39 is 35.6 Å². The van der Waals surface area contributed by atoms with E-state index in [4.69, 9.17) is 31.5 Å². The molecule has 2 fully saturated rings. The molecule has 0 bridgehead atoms. The number of benzene rings is 1. The molecule has 40 heavy (non-hydrogen) atoms. The van der Waals surface area contributed by atoms with Crippen LogP contribution in [0, 0.1) is 11.6 Å². The topological polar surface area (TPSA) is 132 Å². The van der Waals surface area contributed by atoms with Crippen molar-refractivity contribution in [2.75, 3.05) is 31.0 Å². The number of halogens is 3. The van der Waals surface area contributed by atoms with Crippen LogP contribution in [0.1, 0.15) is 57.9 Å². The first-order valence-electron chi connectivity index (χ1n) is 13.2. The molecule has 2 aliphatic carbocycles. The van der Waals surface area contributed by atoms with Gasteiger partial charge in [-0.2, -0.15) is 14.6 Å². The van der Waals surface area contributed by atoms with Crippen LogP contribution in [0.2, 0.25) is 5.28 Å². The molecule has 0 saturated heterocycles. The summed E-state index contributed by atoms with van der Waals surface area (Å²) >= 11 is 6.23. The smallest absolute Gasteiger partial charge is 0.332 e. The molecular weight excluding hydrogens is 550 g/mol. The Bertz CT molecular complexity index is 1310. The highest BCUT2D eigenvalue weighted by atomic mass is 35.5. The average Bonchev–Trinajstić information content (AvgIpc) is 3.56. The van der Waals surface area contributed by atoms with Gasteiger partial charge in [0.25, 0.3) is 0 Å². The van der Waals surface area contributed by atoms with E-state index in [9.17, 15) is 18.7 Å². The number of aliphatic hydroxyl groups is 1. The standard InChI is InChI=1S/C26H34ClF2N6O5/c1-5-38-21(36)12-39-19-8-14(9-20(19)40-26(2,3)37)34-24-22(23(30)31-25(27)32-24)35(4,33-34)18-11-17(29)16(28)10-15(18)13-6-7-13/h10-11,13-14,19-20,33,37H,5-9,12H2,1-4H3,(H2,30,31,32)/q+1. The quantitative estimate of drug-likeness (QED) is 0.174. The van der Waals surface area contributed by atoms with Crippen LogP contribution >= 0.6 is 11.6 Å². The maximum Gasteiger partial charge on any atom is 0.332 e. The fourth-order valence-electron chi connectivity index (χ4n) is 5.63. The van der Waals surface area contributed by atoms with Gasteiger partial charge in [0.1, 0.15) is 6.61 Å². The number of carbonyl (C=O) groups is 1. The van der Waals surface area contributed by atoms with Crippen LogP contribution < -0.4 is 20.9 Å². The highest BCUT2D eigenvalue weighted by Gasteiger charge is 2.53. The number of hydrazine groups is 1. The summed E-state index contributed by atoms with van der Waals surface area (Å²) in [5.41, 5.74) is 11.3. The Kier molecular flexibility index (Phi) is 7.66. The van der Waals surface area contributed by atoms with Crippen molar-refractivity contribution in [3.63, 3.8) is 0 Å². The molecule has 2 heterocycles. The number of aromatic nitrogens is 2. The van der Waals surface area contributed by atoms with Crippen molar-refractivity contribution in [2.24, 2.45) is 0 Å². The maximum absolute atomic E-state index is 14.7. The van der Waals surface area contributed by atoms with Gasteiger partial charge in [-0.25, -0.2) is 18.6 Å². The molecule has 218 valence electrons. The van der Waals surface area contributed by atoms with Gasteiger partial charge < -0.3 is 25.1 Å². The van der Waals surface area contributed by atoms with Crippen molar-refractivity contribution < 1.29 is 32.9 Å². The highest BCUT2D eigenvalue weighted by molar-refractivity contribution is 6.28. The van der Waals surface area contributed by atoms with Crippen LogP contribution in [0.5, 0.6) is 0 Å². The first-order chi connectivity index (χ1) is 18.8. The lowest BCUT2D eigenvalue weighted by Gasteiger charge is -2.32. The van der Waals surface area contributed by atoms with Gasteiger partial charge >= 0.3 is 5.97 Å². The van der Waals surface area contributed by atoms with Crippen molar-refractivity contribution in [1.29, 1.82) is 0 Å². The number of quaternary nitrogens is 1. The molecule has 11 nitrogen and oxygen atoms in total. The van der Waals surface area contributed by atoms with Gasteiger partial charge in [-0.1, -0.05) is 5.53 Å². The summed E-state index contributed by atoms with van der Waals surface area (Å²) in [7, 11) is 1.76. The summed E-state index contributed by atoms with van der Waals surface area (Å²) in [6.45, 7) is 4.66. The predicted octanol–water partition coefficient (Wildman–Crippen LogP) is 3.60. The summed E-state index contributed by atoms with van der Waals surface area (Å²) in [6, 6.07) is 2.07. The third kappa shape index (κ3) is 5.58. The lowest BCUT2D eigenvalue weighted by Crippen LogP contribution is -2.58. The fraction of sp³-hybridized carbons (Fsp3) is 0.577. The number of hydrogen-bond donors (Lipinski definition) is 3. The minimum atomic E-state index is -1.47. The Labute approximate surface area is 235 Å². The molecule has 3 aliphatic rings. The van der Waals surface area contributed by atoms with Crippen LogP contribution in [0.4, 0.5) is 31.8 Å². The summed E-state index contributed by atoms with van der Waals surface area (Å²) in [6.07, 6.45) is 1.27. The predicted molar refractivity (Wildman–Crippen MR) is 143 cm³/mol. The molecule has 2 aromatic rings. The van der Waals surface area contributed by atoms with E-state index in [0.717, 1.165) is 12.8 Å². The van der Waals surface area contributed by atoms with E-state index >= 15 is 0 Å². The number of nitrogens with two attached hydrogens (primary N) is 1. The van der Waals surface area contributed by atoms with E-state index in [0.29, 0.717) is 35.6 Å². The molecule has 0 amide bonds. The number of hydrogen-bond acceptors (Lipinski definition) is 10. The third-order valence-corrected chi connectivity index (χ3v) is 7.53. The van der Waals surface area contributed by atoms with E-state index in [1.54, 1.807) is 19.0 Å². The summed E-state index contributed by atoms with van der Waals surface area (Å²) in [5, 5.41) is 12.1. The molecule has 5 rings (SSSR count). The molecule has 14 heteroatoms. The number of nitrogens with one attached hydrogen (secondary N) is 1. The van der Waals surface area contributed by atoms with Gasteiger partial charge in [-0.05, 0) is 70.0 Å². The second-order valence-corrected chi connectivity index (χ2v) is 11.3. The van der Waals surface area contributed by atoms with Crippen molar-refractivity contribution in [2.45, 2.75) is 76.4 Å². The largest absolute Gasteiger partial charge is 0.464 e. The highest BCUT2D eigenvalue weighted by Crippen LogP contribution is 2.53. The first-order valence-corrected chi connectivity index (χ1v) is 13.6. The van der Waals surface area contributed by atoms with E-state index in [1.807, 2.05) is 0 Å². The van der Waals surface area contributed by atoms with Crippen LogP contribution in [0.15, 0.2) is 12.1 Å². The van der Waals surface area contributed by atoms with Gasteiger partial charge in [-0.3, -0.25) is 0 Å². The zero-order chi connectivity index (χ0) is 29.0. The van der Waals surface area contributed by atoms with Crippen molar-refractivity contribution in [1.82, 2.24) is 20.1 Å². The van der Waals surface area contributed by atoms with Gasteiger partial charge in [0.05, 0.1) is 31.9 Å². The SMILES string of the molecule is CCOC(=O)COC1CC(N2N[N+](C)(c3cc(F)c(F)cc3C3CC3)c3c(N)nc(Cl)nc32)CC1OC(C)(C)O. The number of esters is 1.